The van der Waals surface area contributed by atoms with Crippen molar-refractivity contribution in [1.82, 2.24) is 15.4 Å². The van der Waals surface area contributed by atoms with E-state index in [1.165, 1.54) is 43.5 Å². The van der Waals surface area contributed by atoms with Gasteiger partial charge in [-0.2, -0.15) is 13.5 Å². The highest BCUT2D eigenvalue weighted by atomic mass is 32.3. The van der Waals surface area contributed by atoms with E-state index in [1.807, 2.05) is 0 Å². The van der Waals surface area contributed by atoms with Crippen LogP contribution in [0.15, 0.2) is 41.1 Å². The molecule has 0 saturated carbocycles. The number of thiazole rings is 1. The fraction of sp³-hybridized carbons (Fsp3) is 0.304. The molecule has 1 aromatic carbocycles. The summed E-state index contributed by atoms with van der Waals surface area (Å²) in [5.41, 5.74) is 4.44. The summed E-state index contributed by atoms with van der Waals surface area (Å²) < 4.78 is 37.5. The molecular weight excluding hydrogens is 600 g/mol. The number of hydrogen-bond donors (Lipinski definition) is 5. The number of aliphatic hydroxyl groups excluding tert-OH is 1. The highest BCUT2D eigenvalue weighted by Crippen LogP contribution is 2.33. The Labute approximate surface area is 242 Å². The third kappa shape index (κ3) is 7.18. The number of nitrogens with zero attached hydrogens (tertiary/aromatic N) is 3. The topological polar surface area (TPSA) is 253 Å². The Hall–Kier alpha value is -4.59. The zero-order valence-corrected chi connectivity index (χ0v) is 23.8. The highest BCUT2D eigenvalue weighted by molar-refractivity contribution is 7.81. The summed E-state index contributed by atoms with van der Waals surface area (Å²) in [5.74, 6) is -3.18. The first-order valence-electron chi connectivity index (χ1n) is 11.6. The lowest BCUT2D eigenvalue weighted by Crippen LogP contribution is -2.76. The van der Waals surface area contributed by atoms with Crippen LogP contribution >= 0.6 is 11.3 Å². The van der Waals surface area contributed by atoms with Crippen molar-refractivity contribution in [2.45, 2.75) is 31.5 Å². The Balaban J connectivity index is 1.76. The SMILES string of the molecule is COS(=O)(=O)ON1C(=O)[C@@H](NC(=O)/C(=N\O[C@@H](COc2ccc(/C(C=N)=C/O)cc2)C(=O)O)c2csc(N)n2)C1(C)C. The number of carboxylic acids is 1. The molecule has 226 valence electrons. The van der Waals surface area contributed by atoms with Crippen molar-refractivity contribution in [3.05, 3.63) is 47.2 Å². The van der Waals surface area contributed by atoms with Crippen molar-refractivity contribution < 1.29 is 51.1 Å². The van der Waals surface area contributed by atoms with Gasteiger partial charge in [-0.1, -0.05) is 17.3 Å². The number of β-lactam (4-membered cyclic amide) rings is 1. The second-order valence-corrected chi connectivity index (χ2v) is 11.0. The molecule has 0 radical (unpaired) electrons. The molecule has 1 aliphatic heterocycles. The fourth-order valence-electron chi connectivity index (χ4n) is 3.42. The largest absolute Gasteiger partial charge is 0.515 e. The molecule has 3 rings (SSSR count). The zero-order valence-electron chi connectivity index (χ0n) is 22.2. The highest BCUT2D eigenvalue weighted by Gasteiger charge is 2.58. The number of carboxylic acid groups (broad SMARTS) is 1. The number of nitrogens with one attached hydrogen (secondary N) is 2. The van der Waals surface area contributed by atoms with Gasteiger partial charge in [0.15, 0.2) is 10.8 Å². The number of aliphatic carboxylic acids is 1. The minimum Gasteiger partial charge on any atom is -0.515 e. The number of carbonyl (C=O) groups excluding carboxylic acids is 2. The van der Waals surface area contributed by atoms with Gasteiger partial charge in [0.1, 0.15) is 24.1 Å². The van der Waals surface area contributed by atoms with Crippen LogP contribution in [0.5, 0.6) is 5.75 Å². The van der Waals surface area contributed by atoms with E-state index in [9.17, 15) is 27.9 Å². The Bertz CT molecular complexity index is 1520. The van der Waals surface area contributed by atoms with Gasteiger partial charge < -0.3 is 36.2 Å². The van der Waals surface area contributed by atoms with Gasteiger partial charge in [-0.25, -0.2) is 9.78 Å². The van der Waals surface area contributed by atoms with E-state index < -0.39 is 58.2 Å². The number of aliphatic hydroxyl groups is 1. The van der Waals surface area contributed by atoms with Gasteiger partial charge in [-0.3, -0.25) is 13.8 Å². The molecule has 42 heavy (non-hydrogen) atoms. The fourth-order valence-corrected chi connectivity index (χ4v) is 4.48. The van der Waals surface area contributed by atoms with Crippen molar-refractivity contribution >= 4 is 62.2 Å². The number of carbonyl (C=O) groups is 3. The van der Waals surface area contributed by atoms with Gasteiger partial charge >= 0.3 is 16.4 Å². The Morgan fingerprint density at radius 1 is 1.33 bits per heavy atom. The minimum absolute atomic E-state index is 0.0543. The van der Waals surface area contributed by atoms with Gasteiger partial charge in [-0.05, 0) is 31.5 Å². The predicted molar refractivity (Wildman–Crippen MR) is 147 cm³/mol. The van der Waals surface area contributed by atoms with Crippen LogP contribution in [0.4, 0.5) is 5.13 Å². The van der Waals surface area contributed by atoms with Crippen LogP contribution in [-0.4, -0.2) is 89.8 Å². The number of ether oxygens (including phenoxy) is 1. The average molecular weight is 627 g/mol. The number of anilines is 1. The number of allylic oxidation sites excluding steroid dienone is 1. The van der Waals surface area contributed by atoms with Crippen LogP contribution in [-0.2, 0) is 38.1 Å². The number of oxime groups is 1. The molecule has 2 heterocycles. The molecule has 2 aromatic rings. The van der Waals surface area contributed by atoms with E-state index in [1.54, 1.807) is 0 Å². The van der Waals surface area contributed by atoms with Gasteiger partial charge in [0.25, 0.3) is 17.9 Å². The van der Waals surface area contributed by atoms with Gasteiger partial charge in [0.2, 0.25) is 0 Å². The van der Waals surface area contributed by atoms with Crippen LogP contribution < -0.4 is 15.8 Å². The lowest BCUT2D eigenvalue weighted by Gasteiger charge is -2.50. The number of aromatic nitrogens is 1. The van der Waals surface area contributed by atoms with Crippen molar-refractivity contribution in [2.75, 3.05) is 19.5 Å². The van der Waals surface area contributed by atoms with E-state index in [0.717, 1.165) is 30.9 Å². The lowest BCUT2D eigenvalue weighted by atomic mass is 9.84. The molecule has 0 bridgehead atoms. The molecule has 6 N–H and O–H groups in total. The zero-order chi connectivity index (χ0) is 31.2. The standard InChI is InChI=1S/C23H26N6O11S2/c1-23(2)18(20(32)29(23)40-42(35,36)37-3)27-19(31)17(15-11-41-22(25)26-15)28-39-16(21(33)34)10-38-14-6-4-12(5-7-14)13(8-24)9-30/h4-9,11,16,18,24,30H,10H2,1-3H3,(H2,25,26)(H,27,31)(H,33,34)/b13-9+,24-8?,28-17-/t16-,18+/m0/s1. The Morgan fingerprint density at radius 3 is 2.50 bits per heavy atom. The molecule has 19 heteroatoms. The third-order valence-electron chi connectivity index (χ3n) is 5.73. The number of hydroxylamine groups is 2. The predicted octanol–water partition coefficient (Wildman–Crippen LogP) is 0.455. The molecule has 0 aliphatic carbocycles. The molecule has 1 aromatic heterocycles. The van der Waals surface area contributed by atoms with Crippen molar-refractivity contribution in [2.24, 2.45) is 5.16 Å². The minimum atomic E-state index is -4.52. The Kier molecular flexibility index (Phi) is 9.83. The molecule has 0 spiro atoms. The normalized spacial score (nSPS) is 17.6. The molecule has 0 unspecified atom stereocenters. The maximum atomic E-state index is 13.2. The molecule has 1 saturated heterocycles. The summed E-state index contributed by atoms with van der Waals surface area (Å²) in [7, 11) is -3.68. The number of nitrogen functional groups attached to an aromatic ring is 1. The number of rotatable bonds is 14. The first kappa shape index (κ1) is 31.9. The second kappa shape index (κ2) is 12.9. The van der Waals surface area contributed by atoms with Gasteiger partial charge in [0.05, 0.1) is 18.9 Å². The van der Waals surface area contributed by atoms with Crippen LogP contribution in [0.1, 0.15) is 25.1 Å². The summed E-state index contributed by atoms with van der Waals surface area (Å²) >= 11 is 0.953. The summed E-state index contributed by atoms with van der Waals surface area (Å²) in [5, 5.41) is 34.0. The third-order valence-corrected chi connectivity index (χ3v) is 7.15. The first-order valence-corrected chi connectivity index (χ1v) is 13.9. The van der Waals surface area contributed by atoms with Crippen LogP contribution in [0.3, 0.4) is 0 Å². The molecule has 2 atom stereocenters. The van der Waals surface area contributed by atoms with Crippen LogP contribution in [0.2, 0.25) is 0 Å². The van der Waals surface area contributed by atoms with Crippen LogP contribution in [0.25, 0.3) is 5.57 Å². The van der Waals surface area contributed by atoms with Crippen molar-refractivity contribution in [1.29, 1.82) is 5.41 Å². The lowest BCUT2D eigenvalue weighted by molar-refractivity contribution is -0.218. The van der Waals surface area contributed by atoms with E-state index >= 15 is 0 Å². The number of amides is 2. The smallest absolute Gasteiger partial charge is 0.420 e. The van der Waals surface area contributed by atoms with Crippen molar-refractivity contribution in [3.63, 3.8) is 0 Å². The summed E-state index contributed by atoms with van der Waals surface area (Å²) in [6.07, 6.45) is 0.00235. The first-order chi connectivity index (χ1) is 19.7. The van der Waals surface area contributed by atoms with Crippen molar-refractivity contribution in [3.8, 4) is 5.75 Å². The summed E-state index contributed by atoms with van der Waals surface area (Å²) in [6.45, 7) is 2.28. The van der Waals surface area contributed by atoms with Gasteiger partial charge in [0, 0.05) is 17.2 Å². The summed E-state index contributed by atoms with van der Waals surface area (Å²) in [6, 6.07) is 4.74. The molecular formula is C23H26N6O11S2. The summed E-state index contributed by atoms with van der Waals surface area (Å²) in [4.78, 5) is 46.6. The molecule has 1 aliphatic rings. The van der Waals surface area contributed by atoms with Crippen LogP contribution in [0, 0.1) is 5.41 Å². The molecule has 1 fully saturated rings. The molecule has 17 nitrogen and oxygen atoms in total. The molecule has 2 amide bonds. The maximum absolute atomic E-state index is 13.2. The Morgan fingerprint density at radius 2 is 2.00 bits per heavy atom. The quantitative estimate of drug-likeness (QED) is 0.0827. The van der Waals surface area contributed by atoms with Gasteiger partial charge in [-0.15, -0.1) is 15.6 Å². The number of nitrogens with two attached hydrogens (primary N) is 1. The van der Waals surface area contributed by atoms with E-state index in [4.69, 9.17) is 25.8 Å². The maximum Gasteiger partial charge on any atom is 0.420 e. The average Bonchev–Trinajstić information content (AvgIpc) is 3.38. The number of benzene rings is 1. The van der Waals surface area contributed by atoms with E-state index in [-0.39, 0.29) is 22.1 Å². The van der Waals surface area contributed by atoms with E-state index in [0.29, 0.717) is 10.6 Å². The van der Waals surface area contributed by atoms with E-state index in [2.05, 4.69) is 23.9 Å². The number of hydrogen-bond acceptors (Lipinski definition) is 15. The monoisotopic (exact) mass is 626 g/mol. The second-order valence-electron chi connectivity index (χ2n) is 8.85.